The maximum atomic E-state index is 9.62. The van der Waals surface area contributed by atoms with Gasteiger partial charge in [0.15, 0.2) is 0 Å². The summed E-state index contributed by atoms with van der Waals surface area (Å²) < 4.78 is 0. The minimum atomic E-state index is -0.183. The Balaban J connectivity index is 3.08. The first-order valence-electron chi connectivity index (χ1n) is 4.78. The first-order chi connectivity index (χ1) is 5.97. The quantitative estimate of drug-likeness (QED) is 0.565. The van der Waals surface area contributed by atoms with Crippen LogP contribution in [0, 0.1) is 17.3 Å². The summed E-state index contributed by atoms with van der Waals surface area (Å²) in [6, 6.07) is 0. The van der Waals surface area contributed by atoms with Gasteiger partial charge in [0.05, 0.1) is 6.10 Å². The Kier molecular flexibility index (Phi) is 2.83. The fraction of sp³-hybridized carbons (Fsp3) is 0.667. The second kappa shape index (κ2) is 3.55. The molecule has 0 aromatic rings. The third-order valence-electron chi connectivity index (χ3n) is 2.64. The number of aliphatic hydroxyl groups excluding tert-OH is 1. The highest BCUT2D eigenvalue weighted by Gasteiger charge is 2.31. The predicted molar refractivity (Wildman–Crippen MR) is 55.2 cm³/mol. The lowest BCUT2D eigenvalue weighted by molar-refractivity contribution is 0.117. The molecule has 1 nitrogen and oxygen atoms in total. The second-order valence-corrected chi connectivity index (χ2v) is 4.48. The molecule has 0 bridgehead atoms. The van der Waals surface area contributed by atoms with Gasteiger partial charge in [0.25, 0.3) is 0 Å². The Labute approximate surface area is 80.9 Å². The molecule has 0 amide bonds. The molecule has 0 aliphatic heterocycles. The van der Waals surface area contributed by atoms with Crippen molar-refractivity contribution in [3.05, 3.63) is 11.1 Å². The standard InChI is InChI=1S/C12H18O/c1-5-6-11-9(2)7-10(13)8-12(11,3)4/h10,13H,7-8H2,1-4H3. The molecule has 0 fully saturated rings. The van der Waals surface area contributed by atoms with Crippen LogP contribution in [-0.2, 0) is 0 Å². The fourth-order valence-electron chi connectivity index (χ4n) is 2.20. The molecule has 1 N–H and O–H groups in total. The number of hydrogen-bond acceptors (Lipinski definition) is 1. The van der Waals surface area contributed by atoms with Crippen LogP contribution >= 0.6 is 0 Å². The normalized spacial score (nSPS) is 26.7. The van der Waals surface area contributed by atoms with Crippen LogP contribution in [0.15, 0.2) is 11.1 Å². The van der Waals surface area contributed by atoms with E-state index in [4.69, 9.17) is 0 Å². The van der Waals surface area contributed by atoms with Gasteiger partial charge in [-0.05, 0) is 26.7 Å². The Hall–Kier alpha value is -0.740. The van der Waals surface area contributed by atoms with Gasteiger partial charge in [-0.2, -0.15) is 0 Å². The van der Waals surface area contributed by atoms with Crippen LogP contribution in [0.1, 0.15) is 40.5 Å². The van der Waals surface area contributed by atoms with Crippen LogP contribution in [-0.4, -0.2) is 11.2 Å². The Morgan fingerprint density at radius 2 is 2.08 bits per heavy atom. The molecule has 0 saturated carbocycles. The lowest BCUT2D eigenvalue weighted by Crippen LogP contribution is -2.28. The molecule has 1 rings (SSSR count). The topological polar surface area (TPSA) is 20.2 Å². The summed E-state index contributed by atoms with van der Waals surface area (Å²) in [6.07, 6.45) is 1.43. The van der Waals surface area contributed by atoms with E-state index in [1.54, 1.807) is 0 Å². The molecule has 0 radical (unpaired) electrons. The minimum Gasteiger partial charge on any atom is -0.393 e. The van der Waals surface area contributed by atoms with Gasteiger partial charge in [-0.15, -0.1) is 5.92 Å². The van der Waals surface area contributed by atoms with Gasteiger partial charge >= 0.3 is 0 Å². The van der Waals surface area contributed by atoms with Crippen molar-refractivity contribution in [2.45, 2.75) is 46.6 Å². The molecular formula is C12H18O. The molecule has 1 heteroatoms. The highest BCUT2D eigenvalue weighted by molar-refractivity contribution is 5.39. The van der Waals surface area contributed by atoms with Crippen molar-refractivity contribution in [1.29, 1.82) is 0 Å². The molecule has 0 saturated heterocycles. The highest BCUT2D eigenvalue weighted by atomic mass is 16.3. The molecule has 1 atom stereocenters. The van der Waals surface area contributed by atoms with Crippen molar-refractivity contribution in [2.75, 3.05) is 0 Å². The van der Waals surface area contributed by atoms with Crippen LogP contribution in [0.5, 0.6) is 0 Å². The largest absolute Gasteiger partial charge is 0.393 e. The lowest BCUT2D eigenvalue weighted by Gasteiger charge is -2.34. The first kappa shape index (κ1) is 10.3. The SMILES string of the molecule is CC#CC1=C(C)CC(O)CC1(C)C. The Morgan fingerprint density at radius 3 is 2.54 bits per heavy atom. The lowest BCUT2D eigenvalue weighted by atomic mass is 9.72. The Bertz CT molecular complexity index is 286. The molecule has 0 heterocycles. The summed E-state index contributed by atoms with van der Waals surface area (Å²) in [6.45, 7) is 8.24. The van der Waals surface area contributed by atoms with Crippen LogP contribution in [0.25, 0.3) is 0 Å². The van der Waals surface area contributed by atoms with Crippen LogP contribution in [0.4, 0.5) is 0 Å². The maximum absolute atomic E-state index is 9.62. The van der Waals surface area contributed by atoms with E-state index in [1.165, 1.54) is 11.1 Å². The Morgan fingerprint density at radius 1 is 1.46 bits per heavy atom. The monoisotopic (exact) mass is 178 g/mol. The molecule has 0 aromatic carbocycles. The van der Waals surface area contributed by atoms with E-state index in [-0.39, 0.29) is 11.5 Å². The van der Waals surface area contributed by atoms with Gasteiger partial charge in [0.1, 0.15) is 0 Å². The number of allylic oxidation sites excluding steroid dienone is 1. The van der Waals surface area contributed by atoms with Crippen molar-refractivity contribution in [3.63, 3.8) is 0 Å². The van der Waals surface area contributed by atoms with Gasteiger partial charge in [-0.1, -0.05) is 25.3 Å². The second-order valence-electron chi connectivity index (χ2n) is 4.48. The molecular weight excluding hydrogens is 160 g/mol. The van der Waals surface area contributed by atoms with Gasteiger partial charge < -0.3 is 5.11 Å². The summed E-state index contributed by atoms with van der Waals surface area (Å²) in [5.41, 5.74) is 2.52. The van der Waals surface area contributed by atoms with Crippen LogP contribution in [0.3, 0.4) is 0 Å². The van der Waals surface area contributed by atoms with Crippen molar-refractivity contribution >= 4 is 0 Å². The summed E-state index contributed by atoms with van der Waals surface area (Å²) in [7, 11) is 0. The zero-order valence-corrected chi connectivity index (χ0v) is 8.94. The predicted octanol–water partition coefficient (Wildman–Crippen LogP) is 2.51. The average Bonchev–Trinajstić information content (AvgIpc) is 1.95. The first-order valence-corrected chi connectivity index (χ1v) is 4.78. The molecule has 13 heavy (non-hydrogen) atoms. The smallest absolute Gasteiger partial charge is 0.0586 e. The van der Waals surface area contributed by atoms with E-state index < -0.39 is 0 Å². The third kappa shape index (κ3) is 2.14. The van der Waals surface area contributed by atoms with E-state index in [9.17, 15) is 5.11 Å². The fourth-order valence-corrected chi connectivity index (χ4v) is 2.20. The minimum absolute atomic E-state index is 0.0464. The van der Waals surface area contributed by atoms with E-state index in [2.05, 4.69) is 32.6 Å². The van der Waals surface area contributed by atoms with Gasteiger partial charge in [0, 0.05) is 11.0 Å². The van der Waals surface area contributed by atoms with Gasteiger partial charge in [-0.25, -0.2) is 0 Å². The maximum Gasteiger partial charge on any atom is 0.0586 e. The summed E-state index contributed by atoms with van der Waals surface area (Å²) >= 11 is 0. The van der Waals surface area contributed by atoms with E-state index in [1.807, 2.05) is 6.92 Å². The third-order valence-corrected chi connectivity index (χ3v) is 2.64. The average molecular weight is 178 g/mol. The van der Waals surface area contributed by atoms with Gasteiger partial charge in [0.2, 0.25) is 0 Å². The van der Waals surface area contributed by atoms with Crippen molar-refractivity contribution in [1.82, 2.24) is 0 Å². The number of hydrogen-bond donors (Lipinski definition) is 1. The van der Waals surface area contributed by atoms with Crippen LogP contribution in [0.2, 0.25) is 0 Å². The molecule has 0 spiro atoms. The zero-order valence-electron chi connectivity index (χ0n) is 8.94. The number of aliphatic hydroxyl groups is 1. The molecule has 0 aromatic heterocycles. The summed E-state index contributed by atoms with van der Waals surface area (Å²) in [5, 5.41) is 9.62. The molecule has 1 aliphatic carbocycles. The van der Waals surface area contributed by atoms with E-state index in [0.29, 0.717) is 0 Å². The zero-order chi connectivity index (χ0) is 10.1. The van der Waals surface area contributed by atoms with E-state index in [0.717, 1.165) is 12.8 Å². The van der Waals surface area contributed by atoms with Crippen molar-refractivity contribution in [3.8, 4) is 11.8 Å². The molecule has 72 valence electrons. The summed E-state index contributed by atoms with van der Waals surface area (Å²) in [4.78, 5) is 0. The van der Waals surface area contributed by atoms with Crippen molar-refractivity contribution < 1.29 is 5.11 Å². The summed E-state index contributed by atoms with van der Waals surface area (Å²) in [5.74, 6) is 6.11. The molecule has 1 unspecified atom stereocenters. The van der Waals surface area contributed by atoms with Gasteiger partial charge in [-0.3, -0.25) is 0 Å². The van der Waals surface area contributed by atoms with Crippen LogP contribution < -0.4 is 0 Å². The molecule has 1 aliphatic rings. The number of rotatable bonds is 0. The van der Waals surface area contributed by atoms with Crippen molar-refractivity contribution in [2.24, 2.45) is 5.41 Å². The van der Waals surface area contributed by atoms with E-state index >= 15 is 0 Å². The highest BCUT2D eigenvalue weighted by Crippen LogP contribution is 2.39.